The Morgan fingerprint density at radius 1 is 0.969 bits per heavy atom. The van der Waals surface area contributed by atoms with Crippen LogP contribution in [0.1, 0.15) is 39.7 Å². The Morgan fingerprint density at radius 2 is 1.66 bits per heavy atom. The largest absolute Gasteiger partial charge is 0.435 e. The molecule has 0 spiro atoms. The smallest absolute Gasteiger partial charge is 0.267 e. The molecule has 0 aliphatic rings. The molecule has 0 amide bonds. The van der Waals surface area contributed by atoms with Crippen molar-refractivity contribution in [2.75, 3.05) is 0 Å². The number of halogens is 3. The Balaban J connectivity index is 1.71. The van der Waals surface area contributed by atoms with Crippen LogP contribution in [-0.4, -0.2) is 34.3 Å². The molecule has 0 fully saturated rings. The highest BCUT2D eigenvalue weighted by Gasteiger charge is 2.34. The third-order valence-electron chi connectivity index (χ3n) is 5.32. The number of rotatable bonds is 5. The van der Waals surface area contributed by atoms with Crippen LogP contribution < -0.4 is 0 Å². The minimum Gasteiger partial charge on any atom is -0.267 e. The number of nitrogens with zero attached hydrogens (tertiary/aromatic N) is 6. The maximum absolute atomic E-state index is 13.0. The summed E-state index contributed by atoms with van der Waals surface area (Å²) in [6.45, 7) is 8.02. The highest BCUT2D eigenvalue weighted by Crippen LogP contribution is 2.29. The van der Waals surface area contributed by atoms with E-state index in [-0.39, 0.29) is 6.54 Å². The number of alkyl halides is 3. The molecule has 1 N–H and O–H groups in total. The summed E-state index contributed by atoms with van der Waals surface area (Å²) < 4.78 is 44.3. The molecular formula is C21H22F3N7S. The third kappa shape index (κ3) is 4.12. The van der Waals surface area contributed by atoms with Crippen LogP contribution in [0, 0.1) is 32.5 Å². The van der Waals surface area contributed by atoms with Crippen molar-refractivity contribution >= 4 is 12.2 Å². The van der Waals surface area contributed by atoms with Crippen LogP contribution in [0.3, 0.4) is 0 Å². The van der Waals surface area contributed by atoms with Gasteiger partial charge in [-0.15, -0.1) is 0 Å². The normalized spacial score (nSPS) is 12.0. The Labute approximate surface area is 187 Å². The molecule has 4 rings (SSSR count). The molecule has 7 nitrogen and oxygen atoms in total. The molecule has 0 aliphatic heterocycles. The van der Waals surface area contributed by atoms with Gasteiger partial charge in [0.25, 0.3) is 0 Å². The summed E-state index contributed by atoms with van der Waals surface area (Å²) in [6.07, 6.45) is -4.51. The van der Waals surface area contributed by atoms with E-state index in [4.69, 9.17) is 12.2 Å². The predicted octanol–water partition coefficient (Wildman–Crippen LogP) is 4.67. The van der Waals surface area contributed by atoms with Crippen LogP contribution in [-0.2, 0) is 19.3 Å². The maximum atomic E-state index is 13.0. The zero-order valence-corrected chi connectivity index (χ0v) is 18.8. The van der Waals surface area contributed by atoms with E-state index in [0.717, 1.165) is 28.7 Å². The van der Waals surface area contributed by atoms with Gasteiger partial charge in [0.05, 0.1) is 23.6 Å². The number of hydrogen-bond acceptors (Lipinski definition) is 4. The Bertz CT molecular complexity index is 1320. The van der Waals surface area contributed by atoms with Crippen LogP contribution in [0.2, 0.25) is 0 Å². The van der Waals surface area contributed by atoms with Gasteiger partial charge in [-0.05, 0) is 51.5 Å². The van der Waals surface area contributed by atoms with E-state index in [1.807, 2.05) is 37.6 Å². The summed E-state index contributed by atoms with van der Waals surface area (Å²) in [4.78, 5) is 0. The molecule has 0 bridgehead atoms. The zero-order chi connectivity index (χ0) is 23.2. The van der Waals surface area contributed by atoms with E-state index < -0.39 is 11.9 Å². The van der Waals surface area contributed by atoms with Crippen LogP contribution in [0.15, 0.2) is 30.3 Å². The first-order valence-corrected chi connectivity index (χ1v) is 10.3. The van der Waals surface area contributed by atoms with Gasteiger partial charge in [0, 0.05) is 5.69 Å². The van der Waals surface area contributed by atoms with Gasteiger partial charge in [-0.1, -0.05) is 29.8 Å². The van der Waals surface area contributed by atoms with Gasteiger partial charge in [0.15, 0.2) is 16.3 Å². The molecule has 11 heteroatoms. The fourth-order valence-electron chi connectivity index (χ4n) is 3.64. The molecule has 4 aromatic rings. The molecule has 1 aromatic carbocycles. The second-order valence-electron chi connectivity index (χ2n) is 7.77. The molecular weight excluding hydrogens is 439 g/mol. The standard InChI is InChI=1S/C21H22F3N7S/c1-12-5-7-16(8-6-12)10-30-15(4)19(14(3)27-30)31-18(25-26-20(31)32)11-29-13(2)9-17(28-29)21(22,23)24/h5-9H,10-11H2,1-4H3,(H,26,32). The quantitative estimate of drug-likeness (QED) is 0.439. The highest BCUT2D eigenvalue weighted by molar-refractivity contribution is 7.71. The number of H-pyrrole nitrogens is 1. The lowest BCUT2D eigenvalue weighted by Crippen LogP contribution is -2.13. The summed E-state index contributed by atoms with van der Waals surface area (Å²) in [5, 5.41) is 15.4. The fourth-order valence-corrected chi connectivity index (χ4v) is 3.88. The second kappa shape index (κ2) is 8.05. The van der Waals surface area contributed by atoms with Crippen molar-refractivity contribution < 1.29 is 13.2 Å². The van der Waals surface area contributed by atoms with Gasteiger partial charge in [-0.3, -0.25) is 19.0 Å². The summed E-state index contributed by atoms with van der Waals surface area (Å²) in [7, 11) is 0. The second-order valence-corrected chi connectivity index (χ2v) is 8.16. The molecule has 0 saturated carbocycles. The number of hydrogen-bond donors (Lipinski definition) is 1. The van der Waals surface area contributed by atoms with Crippen LogP contribution in [0.5, 0.6) is 0 Å². The SMILES string of the molecule is Cc1ccc(Cn2nc(C)c(-n3c(Cn4nc(C(F)(F)F)cc4C)n[nH]c3=S)c2C)cc1. The number of aromatic nitrogens is 7. The van der Waals surface area contributed by atoms with Crippen molar-refractivity contribution in [3.8, 4) is 5.69 Å². The van der Waals surface area contributed by atoms with Gasteiger partial charge in [-0.2, -0.15) is 28.5 Å². The Hall–Kier alpha value is -3.21. The fraction of sp³-hybridized carbons (Fsp3) is 0.333. The van der Waals surface area contributed by atoms with Crippen molar-refractivity contribution in [1.82, 2.24) is 34.3 Å². The molecule has 0 atom stereocenters. The first-order valence-electron chi connectivity index (χ1n) is 9.92. The molecule has 168 valence electrons. The lowest BCUT2D eigenvalue weighted by molar-refractivity contribution is -0.141. The minimum atomic E-state index is -4.51. The zero-order valence-electron chi connectivity index (χ0n) is 18.0. The van der Waals surface area contributed by atoms with Crippen LogP contribution >= 0.6 is 12.2 Å². The van der Waals surface area contributed by atoms with E-state index in [1.165, 1.54) is 10.2 Å². The van der Waals surface area contributed by atoms with Crippen LogP contribution in [0.4, 0.5) is 13.2 Å². The van der Waals surface area contributed by atoms with Crippen LogP contribution in [0.25, 0.3) is 5.69 Å². The molecule has 3 heterocycles. The third-order valence-corrected chi connectivity index (χ3v) is 5.60. The first kappa shape index (κ1) is 22.0. The van der Waals surface area contributed by atoms with E-state index in [1.54, 1.807) is 11.5 Å². The lowest BCUT2D eigenvalue weighted by atomic mass is 10.1. The molecule has 0 radical (unpaired) electrons. The van der Waals surface area contributed by atoms with Gasteiger partial charge in [-0.25, -0.2) is 0 Å². The average molecular weight is 462 g/mol. The molecule has 0 aliphatic carbocycles. The van der Waals surface area contributed by atoms with Gasteiger partial charge in [0.1, 0.15) is 6.54 Å². The number of aromatic amines is 1. The van der Waals surface area contributed by atoms with Gasteiger partial charge in [0.2, 0.25) is 0 Å². The van der Waals surface area contributed by atoms with Crippen molar-refractivity contribution in [1.29, 1.82) is 0 Å². The van der Waals surface area contributed by atoms with Crippen molar-refractivity contribution in [2.24, 2.45) is 0 Å². The minimum absolute atomic E-state index is 0.0249. The van der Waals surface area contributed by atoms with E-state index >= 15 is 0 Å². The lowest BCUT2D eigenvalue weighted by Gasteiger charge is -2.10. The van der Waals surface area contributed by atoms with Crippen molar-refractivity contribution in [3.05, 3.63) is 74.8 Å². The topological polar surface area (TPSA) is 69.2 Å². The molecule has 3 aromatic heterocycles. The molecule has 0 saturated heterocycles. The van der Waals surface area contributed by atoms with E-state index in [0.29, 0.717) is 22.8 Å². The Kier molecular flexibility index (Phi) is 5.53. The van der Waals surface area contributed by atoms with Gasteiger partial charge >= 0.3 is 6.18 Å². The summed E-state index contributed by atoms with van der Waals surface area (Å²) in [6, 6.07) is 9.22. The maximum Gasteiger partial charge on any atom is 0.435 e. The van der Waals surface area contributed by atoms with E-state index in [2.05, 4.69) is 32.5 Å². The highest BCUT2D eigenvalue weighted by atomic mass is 32.1. The summed E-state index contributed by atoms with van der Waals surface area (Å²) in [5.41, 5.74) is 4.09. The first-order chi connectivity index (χ1) is 15.0. The van der Waals surface area contributed by atoms with Crippen molar-refractivity contribution in [3.63, 3.8) is 0 Å². The van der Waals surface area contributed by atoms with Crippen molar-refractivity contribution in [2.45, 2.75) is 47.0 Å². The summed E-state index contributed by atoms with van der Waals surface area (Å²) in [5.74, 6) is 0.441. The number of aryl methyl sites for hydroxylation is 3. The average Bonchev–Trinajstić information content (AvgIpc) is 3.34. The number of nitrogens with one attached hydrogen (secondary N) is 1. The summed E-state index contributed by atoms with van der Waals surface area (Å²) >= 11 is 5.44. The van der Waals surface area contributed by atoms with E-state index in [9.17, 15) is 13.2 Å². The van der Waals surface area contributed by atoms with Gasteiger partial charge < -0.3 is 0 Å². The predicted molar refractivity (Wildman–Crippen MR) is 115 cm³/mol. The monoisotopic (exact) mass is 461 g/mol. The molecule has 0 unspecified atom stereocenters. The molecule has 32 heavy (non-hydrogen) atoms. The number of benzene rings is 1. The Morgan fingerprint density at radius 3 is 2.28 bits per heavy atom.